The molecule has 20 heavy (non-hydrogen) atoms. The molecule has 0 aromatic heterocycles. The molecule has 0 fully saturated rings. The molecule has 0 radical (unpaired) electrons. The van der Waals surface area contributed by atoms with Crippen LogP contribution in [0.3, 0.4) is 0 Å². The molecule has 0 bridgehead atoms. The highest BCUT2D eigenvalue weighted by molar-refractivity contribution is 5.94. The average molecular weight is 277 g/mol. The Kier molecular flexibility index (Phi) is 4.65. The smallest absolute Gasteiger partial charge is 0.387 e. The first-order chi connectivity index (χ1) is 9.65. The van der Waals surface area contributed by atoms with Crippen molar-refractivity contribution in [3.8, 4) is 5.75 Å². The Balaban J connectivity index is 1.89. The lowest BCUT2D eigenvalue weighted by atomic mass is 10.2. The molecule has 2 aromatic rings. The largest absolute Gasteiger partial charge is 0.435 e. The zero-order valence-corrected chi connectivity index (χ0v) is 10.6. The molecule has 0 aliphatic rings. The summed E-state index contributed by atoms with van der Waals surface area (Å²) >= 11 is 0. The standard InChI is InChI=1S/C15H13F2NO2/c16-15(17)20-13-8-6-11(7-9-13)10-18-14(19)12-4-2-1-3-5-12/h1-9,15H,10H2,(H,18,19). The van der Waals surface area contributed by atoms with Gasteiger partial charge in [0.15, 0.2) is 0 Å². The molecule has 2 aromatic carbocycles. The second-order valence-corrected chi connectivity index (χ2v) is 4.07. The highest BCUT2D eigenvalue weighted by Crippen LogP contribution is 2.14. The van der Waals surface area contributed by atoms with Crippen LogP contribution < -0.4 is 10.1 Å². The van der Waals surface area contributed by atoms with Gasteiger partial charge in [-0.3, -0.25) is 4.79 Å². The van der Waals surface area contributed by atoms with E-state index in [2.05, 4.69) is 10.1 Å². The van der Waals surface area contributed by atoms with Gasteiger partial charge in [0, 0.05) is 12.1 Å². The van der Waals surface area contributed by atoms with Crippen LogP contribution in [-0.4, -0.2) is 12.5 Å². The van der Waals surface area contributed by atoms with Gasteiger partial charge in [-0.05, 0) is 29.8 Å². The number of carbonyl (C=O) groups excluding carboxylic acids is 1. The second-order valence-electron chi connectivity index (χ2n) is 4.07. The number of rotatable bonds is 5. The molecule has 0 aliphatic heterocycles. The zero-order chi connectivity index (χ0) is 14.4. The Labute approximate surface area is 115 Å². The van der Waals surface area contributed by atoms with Crippen LogP contribution in [0.1, 0.15) is 15.9 Å². The van der Waals surface area contributed by atoms with Crippen molar-refractivity contribution in [1.82, 2.24) is 5.32 Å². The van der Waals surface area contributed by atoms with E-state index in [4.69, 9.17) is 0 Å². The van der Waals surface area contributed by atoms with Gasteiger partial charge in [-0.1, -0.05) is 30.3 Å². The molecule has 0 atom stereocenters. The third-order valence-corrected chi connectivity index (χ3v) is 2.64. The van der Waals surface area contributed by atoms with Crippen LogP contribution >= 0.6 is 0 Å². The highest BCUT2D eigenvalue weighted by atomic mass is 19.3. The van der Waals surface area contributed by atoms with Crippen LogP contribution in [0.25, 0.3) is 0 Å². The molecule has 5 heteroatoms. The Morgan fingerprint density at radius 1 is 1.05 bits per heavy atom. The molecule has 1 N–H and O–H groups in total. The molecule has 0 unspecified atom stereocenters. The second kappa shape index (κ2) is 6.65. The van der Waals surface area contributed by atoms with Gasteiger partial charge in [-0.25, -0.2) is 0 Å². The minimum absolute atomic E-state index is 0.0955. The fourth-order valence-corrected chi connectivity index (χ4v) is 1.66. The van der Waals surface area contributed by atoms with Crippen LogP contribution in [0.4, 0.5) is 8.78 Å². The summed E-state index contributed by atoms with van der Waals surface area (Å²) in [7, 11) is 0. The lowest BCUT2D eigenvalue weighted by Crippen LogP contribution is -2.22. The molecule has 3 nitrogen and oxygen atoms in total. The van der Waals surface area contributed by atoms with Gasteiger partial charge in [0.25, 0.3) is 5.91 Å². The first kappa shape index (κ1) is 14.0. The maximum absolute atomic E-state index is 12.0. The van der Waals surface area contributed by atoms with Crippen molar-refractivity contribution in [3.63, 3.8) is 0 Å². The van der Waals surface area contributed by atoms with E-state index in [-0.39, 0.29) is 11.7 Å². The Hall–Kier alpha value is -2.43. The monoisotopic (exact) mass is 277 g/mol. The fraction of sp³-hybridized carbons (Fsp3) is 0.133. The number of hydrogen-bond acceptors (Lipinski definition) is 2. The van der Waals surface area contributed by atoms with Gasteiger partial charge in [0.2, 0.25) is 0 Å². The number of hydrogen-bond donors (Lipinski definition) is 1. The number of halogens is 2. The van der Waals surface area contributed by atoms with E-state index in [0.717, 1.165) is 5.56 Å². The summed E-state index contributed by atoms with van der Waals surface area (Å²) in [6.07, 6.45) is 0. The maximum Gasteiger partial charge on any atom is 0.387 e. The third-order valence-electron chi connectivity index (χ3n) is 2.64. The summed E-state index contributed by atoms with van der Waals surface area (Å²) in [5, 5.41) is 2.75. The van der Waals surface area contributed by atoms with Gasteiger partial charge in [-0.15, -0.1) is 0 Å². The van der Waals surface area contributed by atoms with Gasteiger partial charge < -0.3 is 10.1 Å². The van der Waals surface area contributed by atoms with Crippen molar-refractivity contribution >= 4 is 5.91 Å². The number of ether oxygens (including phenoxy) is 1. The number of alkyl halides is 2. The summed E-state index contributed by atoms with van der Waals surface area (Å²) in [4.78, 5) is 11.8. The van der Waals surface area contributed by atoms with E-state index in [0.29, 0.717) is 12.1 Å². The van der Waals surface area contributed by atoms with Crippen molar-refractivity contribution in [2.45, 2.75) is 13.2 Å². The molecule has 0 spiro atoms. The van der Waals surface area contributed by atoms with Crippen molar-refractivity contribution in [1.29, 1.82) is 0 Å². The zero-order valence-electron chi connectivity index (χ0n) is 10.6. The maximum atomic E-state index is 12.0. The lowest BCUT2D eigenvalue weighted by molar-refractivity contribution is -0.0498. The van der Waals surface area contributed by atoms with Crippen LogP contribution in [0.15, 0.2) is 54.6 Å². The van der Waals surface area contributed by atoms with E-state index in [1.807, 2.05) is 6.07 Å². The summed E-state index contributed by atoms with van der Waals surface area (Å²) < 4.78 is 28.2. The first-order valence-electron chi connectivity index (χ1n) is 6.02. The number of benzene rings is 2. The van der Waals surface area contributed by atoms with Crippen molar-refractivity contribution in [3.05, 3.63) is 65.7 Å². The van der Waals surface area contributed by atoms with E-state index in [9.17, 15) is 13.6 Å². The summed E-state index contributed by atoms with van der Waals surface area (Å²) in [5.74, 6) is -0.0864. The van der Waals surface area contributed by atoms with E-state index in [1.165, 1.54) is 12.1 Å². The number of amides is 1. The average Bonchev–Trinajstić information content (AvgIpc) is 2.46. The minimum atomic E-state index is -2.83. The van der Waals surface area contributed by atoms with Gasteiger partial charge in [0.05, 0.1) is 0 Å². The van der Waals surface area contributed by atoms with Crippen molar-refractivity contribution in [2.75, 3.05) is 0 Å². The van der Waals surface area contributed by atoms with Crippen molar-refractivity contribution < 1.29 is 18.3 Å². The predicted molar refractivity (Wildman–Crippen MR) is 70.7 cm³/mol. The summed E-state index contributed by atoms with van der Waals surface area (Å²) in [5.41, 5.74) is 1.38. The molecule has 0 saturated heterocycles. The Bertz CT molecular complexity index is 556. The first-order valence-corrected chi connectivity index (χ1v) is 6.02. The molecule has 0 aliphatic carbocycles. The molecule has 2 rings (SSSR count). The van der Waals surface area contributed by atoms with Crippen molar-refractivity contribution in [2.24, 2.45) is 0 Å². The Morgan fingerprint density at radius 3 is 2.30 bits per heavy atom. The van der Waals surface area contributed by atoms with E-state index < -0.39 is 6.61 Å². The molecular weight excluding hydrogens is 264 g/mol. The molecule has 104 valence electrons. The quantitative estimate of drug-likeness (QED) is 0.911. The highest BCUT2D eigenvalue weighted by Gasteiger charge is 2.05. The Morgan fingerprint density at radius 2 is 1.70 bits per heavy atom. The lowest BCUT2D eigenvalue weighted by Gasteiger charge is -2.07. The molecular formula is C15H13F2NO2. The van der Waals surface area contributed by atoms with Crippen LogP contribution in [0.5, 0.6) is 5.75 Å². The summed E-state index contributed by atoms with van der Waals surface area (Å²) in [6.45, 7) is -2.51. The van der Waals surface area contributed by atoms with Crippen LogP contribution in [-0.2, 0) is 6.54 Å². The van der Waals surface area contributed by atoms with Crippen LogP contribution in [0, 0.1) is 0 Å². The van der Waals surface area contributed by atoms with Gasteiger partial charge in [-0.2, -0.15) is 8.78 Å². The van der Waals surface area contributed by atoms with Gasteiger partial charge >= 0.3 is 6.61 Å². The topological polar surface area (TPSA) is 38.3 Å². The number of carbonyl (C=O) groups is 1. The SMILES string of the molecule is O=C(NCc1ccc(OC(F)F)cc1)c1ccccc1. The molecule has 0 heterocycles. The fourth-order valence-electron chi connectivity index (χ4n) is 1.66. The molecule has 0 saturated carbocycles. The number of nitrogens with one attached hydrogen (secondary N) is 1. The van der Waals surface area contributed by atoms with Gasteiger partial charge in [0.1, 0.15) is 5.75 Å². The normalized spacial score (nSPS) is 10.3. The third kappa shape index (κ3) is 4.05. The molecule has 1 amide bonds. The predicted octanol–water partition coefficient (Wildman–Crippen LogP) is 3.22. The van der Waals surface area contributed by atoms with E-state index in [1.54, 1.807) is 36.4 Å². The van der Waals surface area contributed by atoms with E-state index >= 15 is 0 Å². The summed E-state index contributed by atoms with van der Waals surface area (Å²) in [6, 6.07) is 15.0. The van der Waals surface area contributed by atoms with Crippen LogP contribution in [0.2, 0.25) is 0 Å². The minimum Gasteiger partial charge on any atom is -0.435 e.